The van der Waals surface area contributed by atoms with Crippen LogP contribution in [0.3, 0.4) is 0 Å². The highest BCUT2D eigenvalue weighted by molar-refractivity contribution is 4.80. The molecule has 0 aromatic rings. The van der Waals surface area contributed by atoms with Crippen molar-refractivity contribution in [3.05, 3.63) is 0 Å². The number of hydrazine groups is 1. The molecule has 0 aromatic heterocycles. The average Bonchev–Trinajstić information content (AvgIpc) is 2.93. The maximum absolute atomic E-state index is 3.63. The Bertz CT molecular complexity index is 303. The van der Waals surface area contributed by atoms with E-state index in [-0.39, 0.29) is 0 Å². The molecular weight excluding hydrogens is 270 g/mol. The van der Waals surface area contributed by atoms with E-state index < -0.39 is 0 Å². The number of rotatable bonds is 8. The summed E-state index contributed by atoms with van der Waals surface area (Å²) in [5.74, 6) is 3.39. The van der Waals surface area contributed by atoms with Crippen molar-refractivity contribution in [1.29, 1.82) is 0 Å². The van der Waals surface area contributed by atoms with Gasteiger partial charge in [0.15, 0.2) is 0 Å². The van der Waals surface area contributed by atoms with Crippen LogP contribution in [0.5, 0.6) is 0 Å². The molecule has 1 unspecified atom stereocenters. The second-order valence-electron chi connectivity index (χ2n) is 8.47. The quantitative estimate of drug-likeness (QED) is 0.691. The lowest BCUT2D eigenvalue weighted by Gasteiger charge is -2.34. The second kappa shape index (κ2) is 9.24. The highest BCUT2D eigenvalue weighted by atomic mass is 15.5. The predicted octanol–water partition coefficient (Wildman–Crippen LogP) is 3.62. The number of unbranched alkanes of at least 4 members (excludes halogenated alkanes) is 1. The van der Waals surface area contributed by atoms with E-state index in [1.165, 1.54) is 71.4 Å². The third-order valence-corrected chi connectivity index (χ3v) is 5.56. The summed E-state index contributed by atoms with van der Waals surface area (Å²) in [6, 6.07) is 0. The molecule has 0 bridgehead atoms. The molecule has 0 amide bonds. The van der Waals surface area contributed by atoms with E-state index in [0.717, 1.165) is 23.7 Å². The molecule has 1 N–H and O–H groups in total. The van der Waals surface area contributed by atoms with Gasteiger partial charge in [-0.3, -0.25) is 5.43 Å². The summed E-state index contributed by atoms with van der Waals surface area (Å²) >= 11 is 0. The highest BCUT2D eigenvalue weighted by Gasteiger charge is 2.28. The molecule has 22 heavy (non-hydrogen) atoms. The van der Waals surface area contributed by atoms with Crippen LogP contribution in [0.4, 0.5) is 0 Å². The Morgan fingerprint density at radius 2 is 1.91 bits per heavy atom. The van der Waals surface area contributed by atoms with E-state index in [4.69, 9.17) is 0 Å². The molecule has 2 aliphatic rings. The minimum absolute atomic E-state index is 0.807. The van der Waals surface area contributed by atoms with Crippen molar-refractivity contribution in [3.8, 4) is 0 Å². The lowest BCUT2D eigenvalue weighted by Crippen LogP contribution is -2.43. The molecule has 0 spiro atoms. The number of likely N-dealkylation sites (tertiary alicyclic amines) is 1. The van der Waals surface area contributed by atoms with Crippen molar-refractivity contribution < 1.29 is 0 Å². The zero-order chi connectivity index (χ0) is 15.9. The number of nitrogens with zero attached hydrogens (tertiary/aromatic N) is 2. The Kier molecular flexibility index (Phi) is 7.66. The first-order valence-electron chi connectivity index (χ1n) is 9.75. The third kappa shape index (κ3) is 6.17. The fraction of sp³-hybridized carbons (Fsp3) is 1.00. The molecular formula is C19H39N3. The molecule has 3 heteroatoms. The number of hydrogen-bond acceptors (Lipinski definition) is 3. The Labute approximate surface area is 138 Å². The van der Waals surface area contributed by atoms with Gasteiger partial charge in [-0.25, -0.2) is 5.01 Å². The van der Waals surface area contributed by atoms with Crippen LogP contribution < -0.4 is 5.43 Å². The van der Waals surface area contributed by atoms with Crippen LogP contribution >= 0.6 is 0 Å². The van der Waals surface area contributed by atoms with Gasteiger partial charge in [-0.15, -0.1) is 0 Å². The minimum Gasteiger partial charge on any atom is -0.303 e. The number of nitrogens with one attached hydrogen (secondary N) is 1. The zero-order valence-electron chi connectivity index (χ0n) is 15.5. The van der Waals surface area contributed by atoms with Crippen molar-refractivity contribution in [1.82, 2.24) is 15.3 Å². The molecule has 2 heterocycles. The molecule has 0 aliphatic carbocycles. The summed E-state index contributed by atoms with van der Waals surface area (Å²) in [6.07, 6.45) is 7.01. The smallest absolute Gasteiger partial charge is 0.0174 e. The van der Waals surface area contributed by atoms with Crippen LogP contribution in [-0.2, 0) is 0 Å². The van der Waals surface area contributed by atoms with Gasteiger partial charge in [-0.05, 0) is 56.0 Å². The molecule has 130 valence electrons. The average molecular weight is 310 g/mol. The van der Waals surface area contributed by atoms with Gasteiger partial charge in [-0.1, -0.05) is 40.5 Å². The van der Waals surface area contributed by atoms with Crippen molar-refractivity contribution in [2.75, 3.05) is 39.3 Å². The Morgan fingerprint density at radius 1 is 1.09 bits per heavy atom. The SMILES string of the molecule is CC(C)CCCCN1CCC[C@@H](CN2CC(C(C)C)CN2)C1. The maximum Gasteiger partial charge on any atom is 0.0174 e. The fourth-order valence-corrected chi connectivity index (χ4v) is 3.95. The first-order chi connectivity index (χ1) is 10.5. The normalized spacial score (nSPS) is 28.1. The molecule has 0 saturated carbocycles. The van der Waals surface area contributed by atoms with Crippen molar-refractivity contribution in [2.24, 2.45) is 23.7 Å². The van der Waals surface area contributed by atoms with Gasteiger partial charge in [0.25, 0.3) is 0 Å². The monoisotopic (exact) mass is 309 g/mol. The molecule has 2 saturated heterocycles. The summed E-state index contributed by atoms with van der Waals surface area (Å²) in [6.45, 7) is 17.1. The first-order valence-corrected chi connectivity index (χ1v) is 9.75. The first kappa shape index (κ1) is 18.2. The molecule has 0 radical (unpaired) electrons. The van der Waals surface area contributed by atoms with Crippen molar-refractivity contribution >= 4 is 0 Å². The largest absolute Gasteiger partial charge is 0.303 e. The molecule has 2 atom stereocenters. The third-order valence-electron chi connectivity index (χ3n) is 5.56. The number of piperidine rings is 1. The van der Waals surface area contributed by atoms with Gasteiger partial charge >= 0.3 is 0 Å². The van der Waals surface area contributed by atoms with Crippen LogP contribution in [0.25, 0.3) is 0 Å². The van der Waals surface area contributed by atoms with Gasteiger partial charge < -0.3 is 4.90 Å². The lowest BCUT2D eigenvalue weighted by atomic mass is 9.95. The van der Waals surface area contributed by atoms with Crippen LogP contribution in [0, 0.1) is 23.7 Å². The van der Waals surface area contributed by atoms with E-state index in [1.54, 1.807) is 0 Å². The standard InChI is InChI=1S/C19H39N3/c1-16(2)8-5-6-10-21-11-7-9-18(13-21)14-22-15-19(12-20-22)17(3)4/h16-20H,5-15H2,1-4H3/t18-,19?/m1/s1. The molecule has 3 nitrogen and oxygen atoms in total. The van der Waals surface area contributed by atoms with Crippen LogP contribution in [0.15, 0.2) is 0 Å². The summed E-state index contributed by atoms with van der Waals surface area (Å²) in [4.78, 5) is 2.73. The minimum atomic E-state index is 0.807. The second-order valence-corrected chi connectivity index (χ2v) is 8.47. The Hall–Kier alpha value is -0.120. The summed E-state index contributed by atoms with van der Waals surface area (Å²) in [5, 5.41) is 2.51. The van der Waals surface area contributed by atoms with E-state index in [1.807, 2.05) is 0 Å². The number of hydrogen-bond donors (Lipinski definition) is 1. The van der Waals surface area contributed by atoms with Crippen LogP contribution in [0.1, 0.15) is 59.8 Å². The lowest BCUT2D eigenvalue weighted by molar-refractivity contribution is 0.121. The summed E-state index contributed by atoms with van der Waals surface area (Å²) in [7, 11) is 0. The van der Waals surface area contributed by atoms with E-state index in [0.29, 0.717) is 0 Å². The van der Waals surface area contributed by atoms with Crippen LogP contribution in [0.2, 0.25) is 0 Å². The Morgan fingerprint density at radius 3 is 2.59 bits per heavy atom. The van der Waals surface area contributed by atoms with Crippen molar-refractivity contribution in [3.63, 3.8) is 0 Å². The fourth-order valence-electron chi connectivity index (χ4n) is 3.95. The molecule has 2 rings (SSSR count). The van der Waals surface area contributed by atoms with Gasteiger partial charge in [-0.2, -0.15) is 0 Å². The molecule has 2 fully saturated rings. The van der Waals surface area contributed by atoms with Gasteiger partial charge in [0.05, 0.1) is 0 Å². The van der Waals surface area contributed by atoms with Crippen LogP contribution in [-0.4, -0.2) is 49.2 Å². The van der Waals surface area contributed by atoms with E-state index in [9.17, 15) is 0 Å². The van der Waals surface area contributed by atoms with Gasteiger partial charge in [0, 0.05) is 26.2 Å². The van der Waals surface area contributed by atoms with E-state index in [2.05, 4.69) is 43.0 Å². The van der Waals surface area contributed by atoms with Crippen molar-refractivity contribution in [2.45, 2.75) is 59.8 Å². The van der Waals surface area contributed by atoms with E-state index >= 15 is 0 Å². The topological polar surface area (TPSA) is 18.5 Å². The van der Waals surface area contributed by atoms with Gasteiger partial charge in [0.2, 0.25) is 0 Å². The highest BCUT2D eigenvalue weighted by Crippen LogP contribution is 2.22. The molecule has 0 aromatic carbocycles. The predicted molar refractivity (Wildman–Crippen MR) is 95.8 cm³/mol. The Balaban J connectivity index is 1.63. The van der Waals surface area contributed by atoms with Gasteiger partial charge in [0.1, 0.15) is 0 Å². The zero-order valence-corrected chi connectivity index (χ0v) is 15.5. The molecule has 2 aliphatic heterocycles. The summed E-state index contributed by atoms with van der Waals surface area (Å²) < 4.78 is 0. The maximum atomic E-state index is 3.63. The summed E-state index contributed by atoms with van der Waals surface area (Å²) in [5.41, 5.74) is 3.63.